The zero-order valence-electron chi connectivity index (χ0n) is 22.1. The molecule has 0 spiro atoms. The first-order valence-corrected chi connectivity index (χ1v) is 15.2. The van der Waals surface area contributed by atoms with Crippen LogP contribution < -0.4 is 4.90 Å². The molecule has 4 heterocycles. The number of aromatic nitrogens is 3. The number of likely N-dealkylation sites (N-methyl/N-ethyl adjacent to an activating group) is 1. The van der Waals surface area contributed by atoms with Gasteiger partial charge in [-0.05, 0) is 37.6 Å². The van der Waals surface area contributed by atoms with Crippen LogP contribution in [-0.4, -0.2) is 91.6 Å². The molecule has 2 aromatic heterocycles. The Kier molecular flexibility index (Phi) is 8.04. The molecule has 2 aliphatic heterocycles. The molecular weight excluding hydrogens is 543 g/mol. The smallest absolute Gasteiger partial charge is 0.312 e. The number of hydrogen-bond donors (Lipinski definition) is 0. The Morgan fingerprint density at radius 1 is 1.08 bits per heavy atom. The van der Waals surface area contributed by atoms with Crippen LogP contribution in [0.3, 0.4) is 0 Å². The fourth-order valence-corrected chi connectivity index (χ4v) is 8.00. The molecular formula is C26H33FN6O4S2. The fraction of sp³-hybridized carbons (Fsp3) is 0.500. The lowest BCUT2D eigenvalue weighted by atomic mass is 9.75. The van der Waals surface area contributed by atoms with Gasteiger partial charge in [0.1, 0.15) is 5.82 Å². The van der Waals surface area contributed by atoms with Crippen molar-refractivity contribution in [3.63, 3.8) is 0 Å². The first-order valence-electron chi connectivity index (χ1n) is 12.9. The molecule has 0 atom stereocenters. The molecule has 0 saturated carbocycles. The Bertz CT molecular complexity index is 1390. The summed E-state index contributed by atoms with van der Waals surface area (Å²) >= 11 is 1.20. The number of piperidine rings is 1. The van der Waals surface area contributed by atoms with Crippen molar-refractivity contribution in [1.82, 2.24) is 23.7 Å². The van der Waals surface area contributed by atoms with Gasteiger partial charge < -0.3 is 19.1 Å². The molecule has 2 aliphatic rings. The number of thiazole rings is 1. The number of rotatable bonds is 8. The SMILES string of the molecule is COC(=O)C1(Cc2cncn2Cc2ccc(F)cc2)CCN(S(=O)(=O)c2cnc(N3CCN(C)CC3)s2)CC1. The van der Waals surface area contributed by atoms with Gasteiger partial charge in [0, 0.05) is 64.1 Å². The van der Waals surface area contributed by atoms with Gasteiger partial charge in [-0.1, -0.05) is 23.5 Å². The minimum atomic E-state index is -3.74. The van der Waals surface area contributed by atoms with Crippen LogP contribution in [0.25, 0.3) is 0 Å². The normalized spacial score (nSPS) is 18.8. The first kappa shape index (κ1) is 27.7. The van der Waals surface area contributed by atoms with E-state index in [4.69, 9.17) is 4.74 Å². The van der Waals surface area contributed by atoms with Gasteiger partial charge in [0.05, 0.1) is 25.0 Å². The number of sulfonamides is 1. The van der Waals surface area contributed by atoms with Crippen LogP contribution in [0.4, 0.5) is 9.52 Å². The Hall–Kier alpha value is -2.87. The lowest BCUT2D eigenvalue weighted by molar-refractivity contribution is -0.155. The lowest BCUT2D eigenvalue weighted by Gasteiger charge is -2.39. The van der Waals surface area contributed by atoms with E-state index >= 15 is 0 Å². The number of anilines is 1. The Labute approximate surface area is 232 Å². The second kappa shape index (κ2) is 11.3. The molecule has 210 valence electrons. The van der Waals surface area contributed by atoms with Gasteiger partial charge in [-0.2, -0.15) is 4.31 Å². The number of benzene rings is 1. The zero-order valence-corrected chi connectivity index (χ0v) is 23.8. The molecule has 0 aliphatic carbocycles. The molecule has 5 rings (SSSR count). The van der Waals surface area contributed by atoms with Gasteiger partial charge in [-0.25, -0.2) is 22.8 Å². The number of carbonyl (C=O) groups excluding carboxylic acids is 1. The van der Waals surface area contributed by atoms with E-state index < -0.39 is 15.4 Å². The minimum Gasteiger partial charge on any atom is -0.469 e. The van der Waals surface area contributed by atoms with E-state index in [0.717, 1.165) is 42.6 Å². The summed E-state index contributed by atoms with van der Waals surface area (Å²) in [5, 5.41) is 0.719. The highest BCUT2D eigenvalue weighted by atomic mass is 32.2. The molecule has 39 heavy (non-hydrogen) atoms. The molecule has 0 unspecified atom stereocenters. The highest BCUT2D eigenvalue weighted by Gasteiger charge is 2.45. The maximum absolute atomic E-state index is 13.5. The number of halogens is 1. The second-order valence-corrected chi connectivity index (χ2v) is 13.4. The lowest BCUT2D eigenvalue weighted by Crippen LogP contribution is -2.48. The van der Waals surface area contributed by atoms with Crippen LogP contribution in [0.15, 0.2) is 47.2 Å². The van der Waals surface area contributed by atoms with Crippen molar-refractivity contribution in [2.24, 2.45) is 5.41 Å². The maximum atomic E-state index is 13.5. The first-order chi connectivity index (χ1) is 18.7. The van der Waals surface area contributed by atoms with Crippen LogP contribution >= 0.6 is 11.3 Å². The number of hydrogen-bond acceptors (Lipinski definition) is 9. The van der Waals surface area contributed by atoms with Crippen molar-refractivity contribution in [3.05, 3.63) is 60.1 Å². The molecule has 1 aromatic carbocycles. The summed E-state index contributed by atoms with van der Waals surface area (Å²) in [5.41, 5.74) is 0.865. The van der Waals surface area contributed by atoms with Crippen molar-refractivity contribution >= 4 is 32.5 Å². The fourth-order valence-electron chi connectivity index (χ4n) is 5.24. The van der Waals surface area contributed by atoms with Gasteiger partial charge in [0.25, 0.3) is 10.0 Å². The summed E-state index contributed by atoms with van der Waals surface area (Å²) < 4.78 is 49.1. The van der Waals surface area contributed by atoms with Gasteiger partial charge >= 0.3 is 5.97 Å². The third-order valence-electron chi connectivity index (χ3n) is 7.72. The zero-order chi connectivity index (χ0) is 27.6. The van der Waals surface area contributed by atoms with Crippen molar-refractivity contribution < 1.29 is 22.3 Å². The van der Waals surface area contributed by atoms with Crippen LogP contribution in [0.5, 0.6) is 0 Å². The number of nitrogens with zero attached hydrogens (tertiary/aromatic N) is 6. The van der Waals surface area contributed by atoms with E-state index in [1.54, 1.807) is 24.7 Å². The molecule has 2 saturated heterocycles. The molecule has 10 nitrogen and oxygen atoms in total. The van der Waals surface area contributed by atoms with Crippen molar-refractivity contribution in [2.45, 2.75) is 30.0 Å². The minimum absolute atomic E-state index is 0.200. The monoisotopic (exact) mass is 576 g/mol. The van der Waals surface area contributed by atoms with Gasteiger partial charge in [0.15, 0.2) is 9.34 Å². The summed E-state index contributed by atoms with van der Waals surface area (Å²) in [6.45, 7) is 4.32. The number of esters is 1. The van der Waals surface area contributed by atoms with Crippen LogP contribution in [-0.2, 0) is 32.5 Å². The third kappa shape index (κ3) is 5.86. The van der Waals surface area contributed by atoms with E-state index in [1.807, 2.05) is 4.57 Å². The highest BCUT2D eigenvalue weighted by Crippen LogP contribution is 2.39. The van der Waals surface area contributed by atoms with Crippen molar-refractivity contribution in [2.75, 3.05) is 58.3 Å². The van der Waals surface area contributed by atoms with Gasteiger partial charge in [0.2, 0.25) is 0 Å². The van der Waals surface area contributed by atoms with E-state index in [9.17, 15) is 17.6 Å². The largest absolute Gasteiger partial charge is 0.469 e. The Morgan fingerprint density at radius 3 is 2.44 bits per heavy atom. The molecule has 0 radical (unpaired) electrons. The molecule has 0 amide bonds. The number of piperazine rings is 1. The van der Waals surface area contributed by atoms with Crippen LogP contribution in [0.2, 0.25) is 0 Å². The summed E-state index contributed by atoms with van der Waals surface area (Å²) in [5.74, 6) is -0.658. The molecule has 2 fully saturated rings. The van der Waals surface area contributed by atoms with E-state index in [-0.39, 0.29) is 29.1 Å². The quantitative estimate of drug-likeness (QED) is 0.377. The van der Waals surface area contributed by atoms with Gasteiger partial charge in [-0.3, -0.25) is 4.79 Å². The third-order valence-corrected chi connectivity index (χ3v) is 11.1. The summed E-state index contributed by atoms with van der Waals surface area (Å²) in [7, 11) is -0.306. The van der Waals surface area contributed by atoms with Crippen LogP contribution in [0.1, 0.15) is 24.1 Å². The number of methoxy groups -OCH3 is 1. The second-order valence-electron chi connectivity index (χ2n) is 10.2. The Balaban J connectivity index is 1.29. The van der Waals surface area contributed by atoms with Crippen molar-refractivity contribution in [3.8, 4) is 0 Å². The highest BCUT2D eigenvalue weighted by molar-refractivity contribution is 7.91. The predicted octanol–water partition coefficient (Wildman–Crippen LogP) is 2.47. The maximum Gasteiger partial charge on any atom is 0.312 e. The van der Waals surface area contributed by atoms with E-state index in [1.165, 1.54) is 41.1 Å². The number of carbonyl (C=O) groups is 1. The topological polar surface area (TPSA) is 101 Å². The van der Waals surface area contributed by atoms with Crippen LogP contribution in [0, 0.1) is 11.2 Å². The summed E-state index contributed by atoms with van der Waals surface area (Å²) in [6.07, 6.45) is 5.86. The van der Waals surface area contributed by atoms with E-state index in [2.05, 4.69) is 26.8 Å². The molecule has 0 N–H and O–H groups in total. The molecule has 13 heteroatoms. The van der Waals surface area contributed by atoms with Crippen molar-refractivity contribution in [1.29, 1.82) is 0 Å². The number of ether oxygens (including phenoxy) is 1. The average Bonchev–Trinajstić information content (AvgIpc) is 3.61. The summed E-state index contributed by atoms with van der Waals surface area (Å²) in [6, 6.07) is 6.25. The molecule has 0 bridgehead atoms. The standard InChI is InChI=1S/C26H33FN6O4S2/c1-30-11-13-31(14-12-30)25-29-17-23(38-25)39(35,36)33-9-7-26(8-10-33,24(34)37-2)15-22-16-28-19-32(22)18-20-3-5-21(27)6-4-20/h3-6,16-17,19H,7-15,18H2,1-2H3. The number of imidazole rings is 1. The predicted molar refractivity (Wildman–Crippen MR) is 146 cm³/mol. The summed E-state index contributed by atoms with van der Waals surface area (Å²) in [4.78, 5) is 26.1. The Morgan fingerprint density at radius 2 is 1.77 bits per heavy atom. The average molecular weight is 577 g/mol. The molecule has 3 aromatic rings. The van der Waals surface area contributed by atoms with Gasteiger partial charge in [-0.15, -0.1) is 0 Å². The van der Waals surface area contributed by atoms with E-state index in [0.29, 0.717) is 25.8 Å².